The molecule has 0 aromatic carbocycles. The van der Waals surface area contributed by atoms with E-state index in [9.17, 15) is 43.2 Å². The Morgan fingerprint density at radius 3 is 0.811 bits per heavy atom. The molecule has 19 heteroatoms. The maximum Gasteiger partial charge on any atom is 0.472 e. The number of hydrogen-bond acceptors (Lipinski definition) is 15. The van der Waals surface area contributed by atoms with Crippen LogP contribution in [-0.4, -0.2) is 96.7 Å². The highest BCUT2D eigenvalue weighted by atomic mass is 31.2. The van der Waals surface area contributed by atoms with Crippen molar-refractivity contribution in [3.05, 3.63) is 194 Å². The van der Waals surface area contributed by atoms with Gasteiger partial charge in [-0.15, -0.1) is 0 Å². The molecule has 106 heavy (non-hydrogen) atoms. The van der Waals surface area contributed by atoms with Crippen LogP contribution in [0.1, 0.15) is 272 Å². The number of carbonyl (C=O) groups is 4. The van der Waals surface area contributed by atoms with Crippen LogP contribution in [0.5, 0.6) is 0 Å². The summed E-state index contributed by atoms with van der Waals surface area (Å²) in [6.07, 6.45) is 94.3. The van der Waals surface area contributed by atoms with Crippen molar-refractivity contribution in [2.24, 2.45) is 0 Å². The zero-order chi connectivity index (χ0) is 77.4. The predicted molar refractivity (Wildman–Crippen MR) is 436 cm³/mol. The van der Waals surface area contributed by atoms with Crippen molar-refractivity contribution in [1.82, 2.24) is 0 Å². The SMILES string of the molecule is CC/C=C\C/C=C\C/C=C\C/C=C\C/C=C\C/C=C\CCC(=O)OCC(COP(=O)(O)OCC(O)COP(=O)(O)OCC(COC(=O)CCCCCC/C=C\C/C=C\C/C=C\C/C=C\CC)OC(=O)CCCCCCC/C=C\C/C=C\CCC)OC(=O)CCCCCC/C=C\C/C=C\C/C=C\C/C=C\CC. The fourth-order valence-electron chi connectivity index (χ4n) is 9.62. The van der Waals surface area contributed by atoms with Gasteiger partial charge < -0.3 is 33.8 Å². The molecule has 0 heterocycles. The number of rotatable bonds is 72. The lowest BCUT2D eigenvalue weighted by Gasteiger charge is -2.21. The Morgan fingerprint density at radius 2 is 0.509 bits per heavy atom. The summed E-state index contributed by atoms with van der Waals surface area (Å²) in [5.41, 5.74) is 0. The Hall–Kier alpha value is -6.10. The summed E-state index contributed by atoms with van der Waals surface area (Å²) in [5, 5.41) is 10.6. The molecule has 17 nitrogen and oxygen atoms in total. The molecule has 0 amide bonds. The smallest absolute Gasteiger partial charge is 0.462 e. The van der Waals surface area contributed by atoms with Gasteiger partial charge in [0.15, 0.2) is 12.2 Å². The molecule has 0 rings (SSSR count). The van der Waals surface area contributed by atoms with Crippen molar-refractivity contribution < 1.29 is 80.2 Å². The molecule has 0 saturated heterocycles. The van der Waals surface area contributed by atoms with Crippen molar-refractivity contribution in [3.8, 4) is 0 Å². The van der Waals surface area contributed by atoms with E-state index in [-0.39, 0.29) is 25.7 Å². The number of hydrogen-bond donors (Lipinski definition) is 3. The van der Waals surface area contributed by atoms with E-state index in [4.69, 9.17) is 37.0 Å². The Kier molecular flexibility index (Phi) is 72.6. The first-order valence-electron chi connectivity index (χ1n) is 39.7. The van der Waals surface area contributed by atoms with Gasteiger partial charge in [-0.05, 0) is 167 Å². The lowest BCUT2D eigenvalue weighted by Crippen LogP contribution is -2.30. The number of ether oxygens (including phenoxy) is 4. The molecule has 0 bridgehead atoms. The monoisotopic (exact) mass is 1520 g/mol. The van der Waals surface area contributed by atoms with Gasteiger partial charge in [0.05, 0.1) is 26.4 Å². The van der Waals surface area contributed by atoms with E-state index >= 15 is 0 Å². The molecule has 0 aliphatic rings. The average molecular weight is 1520 g/mol. The number of unbranched alkanes of at least 4 members (excludes halogenated alkanes) is 14. The molecule has 0 spiro atoms. The topological polar surface area (TPSA) is 237 Å². The number of phosphoric acid groups is 2. The largest absolute Gasteiger partial charge is 0.472 e. The van der Waals surface area contributed by atoms with Crippen molar-refractivity contribution in [2.45, 2.75) is 290 Å². The second kappa shape index (κ2) is 77.1. The van der Waals surface area contributed by atoms with Crippen molar-refractivity contribution in [2.75, 3.05) is 39.6 Å². The number of esters is 4. The molecular weight excluding hydrogens is 1380 g/mol. The van der Waals surface area contributed by atoms with Crippen molar-refractivity contribution in [3.63, 3.8) is 0 Å². The average Bonchev–Trinajstić information content (AvgIpc) is 0.907. The first-order valence-corrected chi connectivity index (χ1v) is 42.7. The van der Waals surface area contributed by atoms with E-state index in [0.717, 1.165) is 186 Å². The van der Waals surface area contributed by atoms with E-state index in [1.807, 2.05) is 18.2 Å². The minimum atomic E-state index is -5.01. The molecule has 0 saturated carbocycles. The number of aliphatic hydroxyl groups excluding tert-OH is 1. The van der Waals surface area contributed by atoms with E-state index in [0.29, 0.717) is 32.1 Å². The summed E-state index contributed by atoms with van der Waals surface area (Å²) in [6.45, 7) is 4.28. The Balaban J connectivity index is 5.50. The van der Waals surface area contributed by atoms with Crippen LogP contribution in [0, 0.1) is 0 Å². The van der Waals surface area contributed by atoms with Gasteiger partial charge >= 0.3 is 39.5 Å². The third kappa shape index (κ3) is 76.1. The van der Waals surface area contributed by atoms with Gasteiger partial charge in [-0.2, -0.15) is 0 Å². The Morgan fingerprint density at radius 1 is 0.274 bits per heavy atom. The van der Waals surface area contributed by atoms with Gasteiger partial charge in [0.1, 0.15) is 19.3 Å². The number of carbonyl (C=O) groups excluding carboxylic acids is 4. The fraction of sp³-hybridized carbons (Fsp3) is 0.586. The fourth-order valence-corrected chi connectivity index (χ4v) is 11.2. The summed E-state index contributed by atoms with van der Waals surface area (Å²) in [7, 11) is -10.0. The molecule has 0 aromatic rings. The van der Waals surface area contributed by atoms with Gasteiger partial charge in [-0.25, -0.2) is 9.13 Å². The van der Waals surface area contributed by atoms with Gasteiger partial charge in [-0.3, -0.25) is 37.3 Å². The van der Waals surface area contributed by atoms with Crippen LogP contribution in [0.15, 0.2) is 194 Å². The first-order chi connectivity index (χ1) is 51.7. The van der Waals surface area contributed by atoms with E-state index < -0.39 is 97.5 Å². The highest BCUT2D eigenvalue weighted by Gasteiger charge is 2.30. The lowest BCUT2D eigenvalue weighted by atomic mass is 10.1. The molecule has 0 aliphatic carbocycles. The van der Waals surface area contributed by atoms with E-state index in [2.05, 4.69) is 204 Å². The zero-order valence-corrected chi connectivity index (χ0v) is 67.1. The van der Waals surface area contributed by atoms with Crippen LogP contribution in [0.25, 0.3) is 0 Å². The maximum absolute atomic E-state index is 13.1. The third-order valence-electron chi connectivity index (χ3n) is 15.5. The number of phosphoric ester groups is 2. The normalized spacial score (nSPS) is 14.9. The summed E-state index contributed by atoms with van der Waals surface area (Å²) in [5.74, 6) is -2.36. The van der Waals surface area contributed by atoms with Crippen LogP contribution in [0.2, 0.25) is 0 Å². The molecule has 3 N–H and O–H groups in total. The van der Waals surface area contributed by atoms with Crippen LogP contribution >= 0.6 is 15.6 Å². The predicted octanol–water partition coefficient (Wildman–Crippen LogP) is 23.3. The van der Waals surface area contributed by atoms with Crippen molar-refractivity contribution >= 4 is 39.5 Å². The number of allylic oxidation sites excluding steroid dienone is 32. The van der Waals surface area contributed by atoms with Crippen LogP contribution in [-0.2, 0) is 65.4 Å². The van der Waals surface area contributed by atoms with Crippen LogP contribution in [0.4, 0.5) is 0 Å². The molecule has 0 radical (unpaired) electrons. The van der Waals surface area contributed by atoms with Gasteiger partial charge in [-0.1, -0.05) is 273 Å². The minimum absolute atomic E-state index is 0.0220. The van der Waals surface area contributed by atoms with Crippen LogP contribution < -0.4 is 0 Å². The minimum Gasteiger partial charge on any atom is -0.462 e. The van der Waals surface area contributed by atoms with Crippen molar-refractivity contribution in [1.29, 1.82) is 0 Å². The first kappa shape index (κ1) is 99.9. The number of aliphatic hydroxyl groups is 1. The summed E-state index contributed by atoms with van der Waals surface area (Å²) in [4.78, 5) is 73.0. The second-order valence-electron chi connectivity index (χ2n) is 25.5. The van der Waals surface area contributed by atoms with Gasteiger partial charge in [0, 0.05) is 25.7 Å². The van der Waals surface area contributed by atoms with Crippen LogP contribution in [0.3, 0.4) is 0 Å². The molecule has 5 unspecified atom stereocenters. The lowest BCUT2D eigenvalue weighted by molar-refractivity contribution is -0.161. The molecule has 0 fully saturated rings. The Bertz CT molecular complexity index is 2780. The van der Waals surface area contributed by atoms with E-state index in [1.54, 1.807) is 0 Å². The van der Waals surface area contributed by atoms with Gasteiger partial charge in [0.25, 0.3) is 0 Å². The Labute approximate surface area is 640 Å². The summed E-state index contributed by atoms with van der Waals surface area (Å²) in [6, 6.07) is 0. The maximum atomic E-state index is 13.1. The molecular formula is C87H138O17P2. The highest BCUT2D eigenvalue weighted by Crippen LogP contribution is 2.45. The molecule has 5 atom stereocenters. The standard InChI is InChI=1S/C87H138O17P2/c1-5-9-13-17-21-25-29-33-36-39-40-43-45-49-52-56-60-64-68-72-85(90)98-78-83(104-87(92)74-70-66-62-58-54-50-46-42-38-35-31-27-23-19-15-11-7-3)80-102-106(95,96)100-76-81(88)75-99-105(93,94)101-79-82(103-86(91)73-69-65-61-57-53-47-32-28-24-20-16-12-8-4)77-97-84(89)71-67-63-59-55-51-48-44-41-37-34-30-26-22-18-14-10-6-2/h9-11,13-16,20-23,25-28,32-38,40,43-44,46,48-50,52,60,64,81-83,88H,5-8,12,17-19,24,29-31,39,41-42,45,47,51,53-59,61-63,65-80H2,1-4H3,(H,93,94)(H,95,96)/b13-9-,14-10-,15-11-,20-16-,25-21-,26-22-,27-23-,32-28-,36-33-,37-34-,38-35-,43-40-,48-44-,50-46-,52-49-,64-60-. The molecule has 0 aliphatic heterocycles. The summed E-state index contributed by atoms with van der Waals surface area (Å²) >= 11 is 0. The molecule has 0 aromatic heterocycles. The zero-order valence-electron chi connectivity index (χ0n) is 65.3. The van der Waals surface area contributed by atoms with Gasteiger partial charge in [0.2, 0.25) is 0 Å². The van der Waals surface area contributed by atoms with E-state index in [1.165, 1.54) is 0 Å². The second-order valence-corrected chi connectivity index (χ2v) is 28.4. The highest BCUT2D eigenvalue weighted by molar-refractivity contribution is 7.47. The third-order valence-corrected chi connectivity index (χ3v) is 17.4. The molecule has 598 valence electrons. The summed E-state index contributed by atoms with van der Waals surface area (Å²) < 4.78 is 68.5. The quantitative estimate of drug-likeness (QED) is 0.0169.